The summed E-state index contributed by atoms with van der Waals surface area (Å²) in [6, 6.07) is 0.729. The molecule has 1 atom stereocenters. The van der Waals surface area contributed by atoms with E-state index in [1.807, 2.05) is 17.8 Å². The maximum atomic E-state index is 12.1. The number of carboxylic acid groups (broad SMARTS) is 1. The van der Waals surface area contributed by atoms with Gasteiger partial charge >= 0.3 is 5.97 Å². The number of carboxylic acids is 1. The van der Waals surface area contributed by atoms with Gasteiger partial charge < -0.3 is 16.2 Å². The van der Waals surface area contributed by atoms with E-state index in [-0.39, 0.29) is 12.8 Å². The van der Waals surface area contributed by atoms with Gasteiger partial charge in [0.25, 0.3) is 5.91 Å². The molecule has 8 heteroatoms. The highest BCUT2D eigenvalue weighted by Crippen LogP contribution is 2.31. The maximum Gasteiger partial charge on any atom is 0.326 e. The summed E-state index contributed by atoms with van der Waals surface area (Å²) in [6.45, 7) is 0. The third-order valence-electron chi connectivity index (χ3n) is 3.13. The van der Waals surface area contributed by atoms with Crippen molar-refractivity contribution >= 4 is 40.9 Å². The van der Waals surface area contributed by atoms with Crippen molar-refractivity contribution in [3.63, 3.8) is 0 Å². The van der Waals surface area contributed by atoms with Crippen LogP contribution in [0.2, 0.25) is 0 Å². The fraction of sp³-hybridized carbons (Fsp3) is 0.462. The molecule has 6 nitrogen and oxygen atoms in total. The van der Waals surface area contributed by atoms with E-state index >= 15 is 0 Å². The lowest BCUT2D eigenvalue weighted by Gasteiger charge is -2.12. The average Bonchev–Trinajstić information content (AvgIpc) is 2.86. The van der Waals surface area contributed by atoms with Gasteiger partial charge in [-0.1, -0.05) is 0 Å². The minimum atomic E-state index is -1.17. The van der Waals surface area contributed by atoms with Crippen molar-refractivity contribution in [1.82, 2.24) is 5.32 Å². The second kappa shape index (κ2) is 6.95. The van der Waals surface area contributed by atoms with E-state index in [4.69, 9.17) is 10.8 Å². The summed E-state index contributed by atoms with van der Waals surface area (Å²) in [7, 11) is 0. The number of hydrogen-bond donors (Lipinski definition) is 3. The van der Waals surface area contributed by atoms with Gasteiger partial charge in [-0.05, 0) is 30.2 Å². The number of nitrogens with one attached hydrogen (secondary N) is 1. The fourth-order valence-electron chi connectivity index (χ4n) is 2.03. The van der Waals surface area contributed by atoms with Crippen LogP contribution in [0.15, 0.2) is 6.07 Å². The first kappa shape index (κ1) is 15.8. The third kappa shape index (κ3) is 4.21. The number of rotatable bonds is 6. The van der Waals surface area contributed by atoms with Crippen molar-refractivity contribution in [2.75, 3.05) is 5.75 Å². The van der Waals surface area contributed by atoms with Crippen LogP contribution < -0.4 is 11.1 Å². The molecule has 21 heavy (non-hydrogen) atoms. The van der Waals surface area contributed by atoms with Crippen LogP contribution in [-0.4, -0.2) is 34.7 Å². The molecule has 0 saturated carbocycles. The number of nitrogens with two attached hydrogens (primary N) is 1. The lowest BCUT2D eigenvalue weighted by Crippen LogP contribution is -2.41. The Labute approximate surface area is 130 Å². The van der Waals surface area contributed by atoms with E-state index in [1.165, 1.54) is 16.2 Å². The summed E-state index contributed by atoms with van der Waals surface area (Å²) in [5.74, 6) is -0.217. The third-order valence-corrected chi connectivity index (χ3v) is 5.38. The SMILES string of the molecule is NC(=O)CCC(NC(=O)c1cc2c(s1)CCSC2)C(=O)O. The topological polar surface area (TPSA) is 109 Å². The van der Waals surface area contributed by atoms with E-state index < -0.39 is 23.8 Å². The highest BCUT2D eigenvalue weighted by Gasteiger charge is 2.23. The van der Waals surface area contributed by atoms with Crippen LogP contribution in [0.4, 0.5) is 0 Å². The zero-order chi connectivity index (χ0) is 15.4. The Kier molecular flexibility index (Phi) is 5.24. The largest absolute Gasteiger partial charge is 0.480 e. The smallest absolute Gasteiger partial charge is 0.326 e. The second-order valence-corrected chi connectivity index (χ2v) is 6.97. The minimum Gasteiger partial charge on any atom is -0.480 e. The predicted octanol–water partition coefficient (Wildman–Crippen LogP) is 0.986. The molecule has 1 aromatic rings. The first-order valence-corrected chi connectivity index (χ1v) is 8.46. The maximum absolute atomic E-state index is 12.1. The Morgan fingerprint density at radius 1 is 1.43 bits per heavy atom. The number of primary amides is 1. The van der Waals surface area contributed by atoms with Crippen molar-refractivity contribution in [3.05, 3.63) is 21.4 Å². The van der Waals surface area contributed by atoms with Gasteiger partial charge in [-0.25, -0.2) is 4.79 Å². The highest BCUT2D eigenvalue weighted by molar-refractivity contribution is 7.98. The van der Waals surface area contributed by atoms with Crippen LogP contribution in [0.5, 0.6) is 0 Å². The lowest BCUT2D eigenvalue weighted by atomic mass is 10.1. The molecule has 0 saturated heterocycles. The normalized spacial score (nSPS) is 15.0. The number of hydrogen-bond acceptors (Lipinski definition) is 5. The average molecular weight is 328 g/mol. The van der Waals surface area contributed by atoms with Gasteiger partial charge in [0.1, 0.15) is 6.04 Å². The van der Waals surface area contributed by atoms with Crippen LogP contribution in [0.25, 0.3) is 0 Å². The quantitative estimate of drug-likeness (QED) is 0.721. The van der Waals surface area contributed by atoms with E-state index in [1.54, 1.807) is 0 Å². The van der Waals surface area contributed by atoms with Crippen LogP contribution in [0.1, 0.15) is 33.0 Å². The molecule has 1 aliphatic heterocycles. The molecule has 2 heterocycles. The zero-order valence-electron chi connectivity index (χ0n) is 11.3. The van der Waals surface area contributed by atoms with Crippen molar-refractivity contribution in [1.29, 1.82) is 0 Å². The van der Waals surface area contributed by atoms with Gasteiger partial charge in [0.2, 0.25) is 5.91 Å². The molecule has 0 aromatic carbocycles. The number of aliphatic carboxylic acids is 1. The number of amides is 2. The number of carbonyl (C=O) groups excluding carboxylic acids is 2. The molecule has 1 unspecified atom stereocenters. The van der Waals surface area contributed by atoms with Crippen molar-refractivity contribution < 1.29 is 19.5 Å². The molecule has 0 fully saturated rings. The molecule has 1 aliphatic rings. The van der Waals surface area contributed by atoms with Crippen LogP contribution in [0.3, 0.4) is 0 Å². The summed E-state index contributed by atoms with van der Waals surface area (Å²) in [6.07, 6.45) is 0.869. The molecule has 0 radical (unpaired) electrons. The molecule has 114 valence electrons. The van der Waals surface area contributed by atoms with Crippen molar-refractivity contribution in [2.45, 2.75) is 31.1 Å². The standard InChI is InChI=1S/C13H16N2O4S2/c14-11(16)2-1-8(13(18)19)15-12(17)10-5-7-6-20-4-3-9(7)21-10/h5,8H,1-4,6H2,(H2,14,16)(H,15,17)(H,18,19). The van der Waals surface area contributed by atoms with Gasteiger partial charge in [0.05, 0.1) is 4.88 Å². The molecule has 0 bridgehead atoms. The number of carbonyl (C=O) groups is 3. The Hall–Kier alpha value is -1.54. The van der Waals surface area contributed by atoms with E-state index in [0.717, 1.165) is 23.5 Å². The number of thiophene rings is 1. The molecular weight excluding hydrogens is 312 g/mol. The van der Waals surface area contributed by atoms with E-state index in [0.29, 0.717) is 4.88 Å². The molecule has 1 aromatic heterocycles. The summed E-state index contributed by atoms with van der Waals surface area (Å²) in [5.41, 5.74) is 6.16. The Morgan fingerprint density at radius 3 is 2.81 bits per heavy atom. The van der Waals surface area contributed by atoms with E-state index in [2.05, 4.69) is 5.32 Å². The van der Waals surface area contributed by atoms with Crippen LogP contribution in [-0.2, 0) is 21.8 Å². The van der Waals surface area contributed by atoms with Gasteiger partial charge in [-0.15, -0.1) is 11.3 Å². The number of thioether (sulfide) groups is 1. The van der Waals surface area contributed by atoms with Gasteiger partial charge in [0.15, 0.2) is 0 Å². The lowest BCUT2D eigenvalue weighted by molar-refractivity contribution is -0.139. The first-order chi connectivity index (χ1) is 9.97. The Balaban J connectivity index is 2.02. The zero-order valence-corrected chi connectivity index (χ0v) is 12.9. The highest BCUT2D eigenvalue weighted by atomic mass is 32.2. The molecule has 2 rings (SSSR count). The predicted molar refractivity (Wildman–Crippen MR) is 81.5 cm³/mol. The summed E-state index contributed by atoms with van der Waals surface area (Å²) >= 11 is 3.23. The minimum absolute atomic E-state index is 0.00263. The van der Waals surface area contributed by atoms with Gasteiger partial charge in [-0.3, -0.25) is 9.59 Å². The summed E-state index contributed by atoms with van der Waals surface area (Å²) in [5, 5.41) is 11.5. The Morgan fingerprint density at radius 2 is 2.19 bits per heavy atom. The monoisotopic (exact) mass is 328 g/mol. The van der Waals surface area contributed by atoms with Crippen molar-refractivity contribution in [3.8, 4) is 0 Å². The first-order valence-electron chi connectivity index (χ1n) is 6.48. The van der Waals surface area contributed by atoms with Gasteiger partial charge in [0, 0.05) is 17.1 Å². The molecule has 0 aliphatic carbocycles. The summed E-state index contributed by atoms with van der Waals surface area (Å²) in [4.78, 5) is 35.7. The van der Waals surface area contributed by atoms with Crippen molar-refractivity contribution in [2.24, 2.45) is 5.73 Å². The molecule has 2 amide bonds. The second-order valence-electron chi connectivity index (χ2n) is 4.73. The molecule has 4 N–H and O–H groups in total. The number of aryl methyl sites for hydroxylation is 1. The molecular formula is C13H16N2O4S2. The fourth-order valence-corrected chi connectivity index (χ4v) is 4.31. The van der Waals surface area contributed by atoms with Crippen LogP contribution in [0, 0.1) is 0 Å². The number of fused-ring (bicyclic) bond motifs is 1. The Bertz CT molecular complexity index is 547. The van der Waals surface area contributed by atoms with E-state index in [9.17, 15) is 14.4 Å². The molecule has 0 spiro atoms. The summed E-state index contributed by atoms with van der Waals surface area (Å²) < 4.78 is 0. The van der Waals surface area contributed by atoms with Gasteiger partial charge in [-0.2, -0.15) is 11.8 Å². The van der Waals surface area contributed by atoms with Crippen LogP contribution >= 0.6 is 23.1 Å².